The highest BCUT2D eigenvalue weighted by Crippen LogP contribution is 2.29. The van der Waals surface area contributed by atoms with Gasteiger partial charge in [-0.1, -0.05) is 12.1 Å². The molecule has 1 heterocycles. The summed E-state index contributed by atoms with van der Waals surface area (Å²) < 4.78 is 32.1. The highest BCUT2D eigenvalue weighted by atomic mass is 19.2. The number of nitro groups is 1. The third-order valence-electron chi connectivity index (χ3n) is 4.38. The lowest BCUT2D eigenvalue weighted by molar-refractivity contribution is -0.384. The number of halogens is 2. The molecule has 2 aromatic carbocycles. The summed E-state index contributed by atoms with van der Waals surface area (Å²) in [4.78, 5) is 36.0. The molecule has 1 saturated heterocycles. The van der Waals surface area contributed by atoms with Crippen LogP contribution in [0.4, 0.5) is 19.3 Å². The predicted molar refractivity (Wildman–Crippen MR) is 92.5 cm³/mol. The van der Waals surface area contributed by atoms with Crippen LogP contribution in [-0.4, -0.2) is 34.9 Å². The molecule has 2 aromatic rings. The minimum Gasteiger partial charge on any atom is -0.491 e. The van der Waals surface area contributed by atoms with Crippen LogP contribution >= 0.6 is 0 Å². The molecule has 3 rings (SSSR count). The van der Waals surface area contributed by atoms with Crippen molar-refractivity contribution in [2.45, 2.75) is 12.5 Å². The predicted octanol–water partition coefficient (Wildman–Crippen LogP) is 2.72. The fourth-order valence-corrected chi connectivity index (χ4v) is 2.84. The van der Waals surface area contributed by atoms with Gasteiger partial charge in [0.25, 0.3) is 11.6 Å². The van der Waals surface area contributed by atoms with E-state index >= 15 is 0 Å². The number of nitrogens with one attached hydrogen (secondary N) is 1. The Balaban J connectivity index is 1.69. The molecular formula is C18H15F2N3O5. The van der Waals surface area contributed by atoms with Crippen molar-refractivity contribution in [2.75, 3.05) is 13.2 Å². The lowest BCUT2D eigenvalue weighted by Crippen LogP contribution is -2.41. The van der Waals surface area contributed by atoms with Gasteiger partial charge in [-0.2, -0.15) is 0 Å². The van der Waals surface area contributed by atoms with Crippen molar-refractivity contribution in [3.63, 3.8) is 0 Å². The van der Waals surface area contributed by atoms with Gasteiger partial charge in [0.2, 0.25) is 0 Å². The average molecular weight is 391 g/mol. The van der Waals surface area contributed by atoms with Crippen molar-refractivity contribution in [2.24, 2.45) is 0 Å². The number of rotatable bonds is 6. The highest BCUT2D eigenvalue weighted by molar-refractivity contribution is 6.07. The van der Waals surface area contributed by atoms with E-state index in [1.807, 2.05) is 0 Å². The van der Waals surface area contributed by atoms with Crippen LogP contribution < -0.4 is 10.1 Å². The van der Waals surface area contributed by atoms with E-state index in [1.165, 1.54) is 37.3 Å². The molecule has 1 aliphatic rings. The summed E-state index contributed by atoms with van der Waals surface area (Å²) in [7, 11) is 0. The normalized spacial score (nSPS) is 18.9. The molecule has 0 saturated carbocycles. The average Bonchev–Trinajstić information content (AvgIpc) is 2.88. The van der Waals surface area contributed by atoms with Gasteiger partial charge in [0.05, 0.1) is 17.5 Å². The largest absolute Gasteiger partial charge is 0.491 e. The second kappa shape index (κ2) is 7.22. The Morgan fingerprint density at radius 2 is 1.93 bits per heavy atom. The number of urea groups is 1. The second-order valence-electron chi connectivity index (χ2n) is 6.24. The number of hydrogen-bond acceptors (Lipinski definition) is 5. The minimum absolute atomic E-state index is 0.103. The van der Waals surface area contributed by atoms with Crippen molar-refractivity contribution >= 4 is 17.6 Å². The molecule has 1 atom stereocenters. The smallest absolute Gasteiger partial charge is 0.325 e. The fourth-order valence-electron chi connectivity index (χ4n) is 2.84. The maximum Gasteiger partial charge on any atom is 0.325 e. The Labute approximate surface area is 157 Å². The molecule has 0 unspecified atom stereocenters. The van der Waals surface area contributed by atoms with E-state index in [0.29, 0.717) is 0 Å². The van der Waals surface area contributed by atoms with Gasteiger partial charge in [-0.25, -0.2) is 13.6 Å². The number of ether oxygens (including phenoxy) is 1. The van der Waals surface area contributed by atoms with Crippen molar-refractivity contribution in [1.82, 2.24) is 10.2 Å². The second-order valence-corrected chi connectivity index (χ2v) is 6.24. The molecule has 0 aliphatic carbocycles. The molecular weight excluding hydrogens is 376 g/mol. The Hall–Kier alpha value is -3.56. The third kappa shape index (κ3) is 3.48. The Bertz CT molecular complexity index is 968. The van der Waals surface area contributed by atoms with E-state index in [-0.39, 0.29) is 30.2 Å². The Kier molecular flexibility index (Phi) is 4.95. The molecule has 0 radical (unpaired) electrons. The molecule has 146 valence electrons. The van der Waals surface area contributed by atoms with Crippen LogP contribution in [-0.2, 0) is 10.3 Å². The lowest BCUT2D eigenvalue weighted by atomic mass is 9.92. The van der Waals surface area contributed by atoms with E-state index in [1.54, 1.807) is 0 Å². The topological polar surface area (TPSA) is 102 Å². The number of non-ortho nitro benzene ring substituents is 1. The first-order valence-corrected chi connectivity index (χ1v) is 8.19. The summed E-state index contributed by atoms with van der Waals surface area (Å²) in [5.41, 5.74) is -1.60. The number of imide groups is 1. The van der Waals surface area contributed by atoms with Gasteiger partial charge in [0.1, 0.15) is 17.9 Å². The quantitative estimate of drug-likeness (QED) is 0.463. The van der Waals surface area contributed by atoms with E-state index in [9.17, 15) is 28.5 Å². The summed E-state index contributed by atoms with van der Waals surface area (Å²) in [6.45, 7) is 1.15. The van der Waals surface area contributed by atoms with Crippen LogP contribution in [0.3, 0.4) is 0 Å². The minimum atomic E-state index is -1.54. The van der Waals surface area contributed by atoms with Crippen molar-refractivity contribution in [3.05, 3.63) is 69.8 Å². The summed E-state index contributed by atoms with van der Waals surface area (Å²) in [5, 5.41) is 13.2. The van der Waals surface area contributed by atoms with Gasteiger partial charge < -0.3 is 10.1 Å². The highest BCUT2D eigenvalue weighted by Gasteiger charge is 2.49. The monoisotopic (exact) mass is 391 g/mol. The van der Waals surface area contributed by atoms with Crippen molar-refractivity contribution in [3.8, 4) is 5.75 Å². The fraction of sp³-hybridized carbons (Fsp3) is 0.222. The summed E-state index contributed by atoms with van der Waals surface area (Å²) in [6.07, 6.45) is 0. The molecule has 1 N–H and O–H groups in total. The maximum atomic E-state index is 13.5. The van der Waals surface area contributed by atoms with Crippen LogP contribution in [0.5, 0.6) is 5.75 Å². The number of nitro benzene ring substituents is 1. The van der Waals surface area contributed by atoms with Crippen molar-refractivity contribution < 1.29 is 28.0 Å². The van der Waals surface area contributed by atoms with Gasteiger partial charge in [-0.3, -0.25) is 19.8 Å². The van der Waals surface area contributed by atoms with Crippen LogP contribution in [0.1, 0.15) is 12.5 Å². The van der Waals surface area contributed by atoms with Crippen LogP contribution in [0.15, 0.2) is 42.5 Å². The molecule has 0 spiro atoms. The zero-order valence-corrected chi connectivity index (χ0v) is 14.6. The van der Waals surface area contributed by atoms with E-state index in [0.717, 1.165) is 17.0 Å². The van der Waals surface area contributed by atoms with E-state index < -0.39 is 34.0 Å². The number of carbonyl (C=O) groups excluding carboxylic acids is 2. The first-order chi connectivity index (χ1) is 13.2. The maximum absolute atomic E-state index is 13.5. The van der Waals surface area contributed by atoms with Gasteiger partial charge in [0.15, 0.2) is 11.6 Å². The molecule has 0 bridgehead atoms. The SMILES string of the molecule is C[C@]1(c2ccc(F)c(F)c2)NC(=O)N(CCOc2cccc([N+](=O)[O-])c2)C1=O. The number of nitrogens with zero attached hydrogens (tertiary/aromatic N) is 2. The van der Waals surface area contributed by atoms with Gasteiger partial charge >= 0.3 is 6.03 Å². The standard InChI is InChI=1S/C18H15F2N3O5/c1-18(11-5-6-14(19)15(20)9-11)16(24)22(17(25)21-18)7-8-28-13-4-2-3-12(10-13)23(26)27/h2-6,9-10H,7-8H2,1H3,(H,21,25)/t18-/m1/s1. The molecule has 0 aromatic heterocycles. The number of hydrogen-bond donors (Lipinski definition) is 1. The van der Waals surface area contributed by atoms with E-state index in [2.05, 4.69) is 5.32 Å². The Morgan fingerprint density at radius 1 is 1.18 bits per heavy atom. The molecule has 28 heavy (non-hydrogen) atoms. The molecule has 8 nitrogen and oxygen atoms in total. The lowest BCUT2D eigenvalue weighted by Gasteiger charge is -2.22. The van der Waals surface area contributed by atoms with Crippen LogP contribution in [0, 0.1) is 21.7 Å². The number of benzene rings is 2. The van der Waals surface area contributed by atoms with E-state index in [4.69, 9.17) is 4.74 Å². The van der Waals surface area contributed by atoms with Gasteiger partial charge in [0, 0.05) is 6.07 Å². The van der Waals surface area contributed by atoms with Gasteiger partial charge in [-0.05, 0) is 30.7 Å². The molecule has 10 heteroatoms. The zero-order chi connectivity index (χ0) is 20.5. The zero-order valence-electron chi connectivity index (χ0n) is 14.6. The van der Waals surface area contributed by atoms with Crippen LogP contribution in [0.25, 0.3) is 0 Å². The number of carbonyl (C=O) groups is 2. The molecule has 1 fully saturated rings. The first-order valence-electron chi connectivity index (χ1n) is 8.19. The van der Waals surface area contributed by atoms with Gasteiger partial charge in [-0.15, -0.1) is 0 Å². The Morgan fingerprint density at radius 3 is 2.61 bits per heavy atom. The molecule has 1 aliphatic heterocycles. The first kappa shape index (κ1) is 19.2. The van der Waals surface area contributed by atoms with Crippen molar-refractivity contribution in [1.29, 1.82) is 0 Å². The summed E-state index contributed by atoms with van der Waals surface area (Å²) >= 11 is 0. The third-order valence-corrected chi connectivity index (χ3v) is 4.38. The molecule has 3 amide bonds. The summed E-state index contributed by atoms with van der Waals surface area (Å²) in [5.74, 6) is -2.63. The number of amides is 3. The van der Waals surface area contributed by atoms with Crippen LogP contribution in [0.2, 0.25) is 0 Å². The summed E-state index contributed by atoms with van der Waals surface area (Å²) in [6, 6.07) is 7.72.